The molecule has 19 heteroatoms. The minimum Gasteiger partial charge on any atom is -0.460 e. The van der Waals surface area contributed by atoms with Gasteiger partial charge in [0.15, 0.2) is 23.3 Å². The standard InChI is InChI=1S/C26H37N7O3.C22H30N6O2S/c1-17-8-9-18(24(34)31-35-7)14-21(17)28-22-20(15-27)23(33(6)16-26(2,3)4)30-25(29-22)36-19-10-12-32(5)13-11-19;1-14-9-10-16(15(2)24-6)11-18(14)25-19-17(12-23)20(28(7)13-22(3,4)5)27-21(26-19)31(8,29)30/h8-9,14,19H,10-13,16H2,1-7H3,(H,31,34)(H,28,29,30);9-11,24H,2,13H2,1,3-8H3,(H,25,26,27). The van der Waals surface area contributed by atoms with Crippen molar-refractivity contribution in [3.05, 3.63) is 76.4 Å². The van der Waals surface area contributed by atoms with E-state index < -0.39 is 9.84 Å². The van der Waals surface area contributed by atoms with Crippen LogP contribution in [0.15, 0.2) is 48.1 Å². The first-order valence-electron chi connectivity index (χ1n) is 21.8. The van der Waals surface area contributed by atoms with E-state index in [1.54, 1.807) is 31.1 Å². The molecule has 1 amide bonds. The van der Waals surface area contributed by atoms with Gasteiger partial charge < -0.3 is 35.4 Å². The summed E-state index contributed by atoms with van der Waals surface area (Å²) in [6.45, 7) is 23.5. The molecule has 1 aliphatic heterocycles. The first-order chi connectivity index (χ1) is 31.3. The topological polar surface area (TPSA) is 227 Å². The molecule has 2 aromatic heterocycles. The van der Waals surface area contributed by atoms with Crippen LogP contribution >= 0.6 is 0 Å². The smallest absolute Gasteiger partial charge is 0.320 e. The average molecular weight is 938 g/mol. The predicted octanol–water partition coefficient (Wildman–Crippen LogP) is 7.12. The summed E-state index contributed by atoms with van der Waals surface area (Å²) in [6, 6.07) is 15.6. The molecule has 4 aromatic rings. The molecule has 0 saturated carbocycles. The number of amides is 1. The van der Waals surface area contributed by atoms with Gasteiger partial charge in [0.25, 0.3) is 11.1 Å². The van der Waals surface area contributed by atoms with Crippen molar-refractivity contribution in [1.82, 2.24) is 35.6 Å². The van der Waals surface area contributed by atoms with E-state index in [4.69, 9.17) is 9.57 Å². The number of likely N-dealkylation sites (tertiary alicyclic amines) is 1. The number of carbonyl (C=O) groups is 1. The van der Waals surface area contributed by atoms with Gasteiger partial charge in [0.2, 0.25) is 9.84 Å². The maximum atomic E-state index is 12.3. The van der Waals surface area contributed by atoms with Gasteiger partial charge in [-0.05, 0) is 79.5 Å². The van der Waals surface area contributed by atoms with Crippen LogP contribution in [-0.4, -0.2) is 113 Å². The highest BCUT2D eigenvalue weighted by Gasteiger charge is 2.27. The summed E-state index contributed by atoms with van der Waals surface area (Å²) in [4.78, 5) is 40.7. The maximum absolute atomic E-state index is 12.3. The highest BCUT2D eigenvalue weighted by molar-refractivity contribution is 7.90. The van der Waals surface area contributed by atoms with Crippen LogP contribution in [0.3, 0.4) is 0 Å². The summed E-state index contributed by atoms with van der Waals surface area (Å²) < 4.78 is 30.8. The Hall–Kier alpha value is -6.54. The Morgan fingerprint density at radius 2 is 1.31 bits per heavy atom. The fourth-order valence-corrected chi connectivity index (χ4v) is 7.74. The quantitative estimate of drug-likeness (QED) is 0.0687. The number of aryl methyl sites for hydroxylation is 2. The number of hydrogen-bond acceptors (Lipinski definition) is 17. The van der Waals surface area contributed by atoms with Gasteiger partial charge in [-0.3, -0.25) is 9.63 Å². The highest BCUT2D eigenvalue weighted by atomic mass is 32.2. The molecule has 0 bridgehead atoms. The number of hydroxylamine groups is 1. The lowest BCUT2D eigenvalue weighted by molar-refractivity contribution is 0.0537. The zero-order chi connectivity index (χ0) is 50.0. The van der Waals surface area contributed by atoms with E-state index >= 15 is 0 Å². The Morgan fingerprint density at radius 1 is 0.836 bits per heavy atom. The fraction of sp³-hybridized carbons (Fsp3) is 0.479. The molecule has 67 heavy (non-hydrogen) atoms. The summed E-state index contributed by atoms with van der Waals surface area (Å²) in [6.07, 6.45) is 2.82. The van der Waals surface area contributed by atoms with Crippen molar-refractivity contribution in [3.63, 3.8) is 0 Å². The summed E-state index contributed by atoms with van der Waals surface area (Å²) >= 11 is 0. The minimum atomic E-state index is -3.70. The predicted molar refractivity (Wildman–Crippen MR) is 265 cm³/mol. The molecule has 0 unspecified atom stereocenters. The Balaban J connectivity index is 0.000000296. The van der Waals surface area contributed by atoms with Crippen LogP contribution in [0.1, 0.15) is 92.6 Å². The van der Waals surface area contributed by atoms with E-state index in [2.05, 4.69) is 114 Å². The number of nitrogens with zero attached hydrogens (tertiary/aromatic N) is 9. The van der Waals surface area contributed by atoms with Crippen LogP contribution < -0.4 is 36.0 Å². The minimum absolute atomic E-state index is 0.00515. The number of nitrogens with one attached hydrogen (secondary N) is 4. The van der Waals surface area contributed by atoms with Gasteiger partial charge in [-0.25, -0.2) is 13.9 Å². The second kappa shape index (κ2) is 22.3. The molecule has 360 valence electrons. The van der Waals surface area contributed by atoms with Crippen molar-refractivity contribution in [3.8, 4) is 18.1 Å². The van der Waals surface area contributed by atoms with Gasteiger partial charge in [0.1, 0.15) is 29.4 Å². The molecular formula is C48H67N13O5S. The first kappa shape index (κ1) is 53.1. The Labute approximate surface area is 396 Å². The molecule has 0 aliphatic carbocycles. The number of piperidine rings is 1. The Morgan fingerprint density at radius 3 is 1.78 bits per heavy atom. The van der Waals surface area contributed by atoms with Gasteiger partial charge >= 0.3 is 6.01 Å². The lowest BCUT2D eigenvalue weighted by Crippen LogP contribution is -2.36. The lowest BCUT2D eigenvalue weighted by Gasteiger charge is -2.30. The number of rotatable bonds is 15. The number of aromatic nitrogens is 4. The molecule has 1 aliphatic rings. The van der Waals surface area contributed by atoms with Crippen LogP contribution in [0, 0.1) is 47.3 Å². The SMILES string of the molecule is C=C(NC)c1ccc(C)c(Nc2nc(S(C)(=O)=O)nc(N(C)CC(C)(C)C)c2C#N)c1.CONC(=O)c1ccc(C)c(Nc2nc(OC3CCN(C)CC3)nc(N(C)CC(C)(C)C)c2C#N)c1. The summed E-state index contributed by atoms with van der Waals surface area (Å²) in [5.74, 6) is 0.866. The van der Waals surface area contributed by atoms with Crippen molar-refractivity contribution in [2.45, 2.75) is 79.5 Å². The van der Waals surface area contributed by atoms with Gasteiger partial charge in [0.05, 0.1) is 7.11 Å². The van der Waals surface area contributed by atoms with E-state index in [1.807, 2.05) is 50.1 Å². The van der Waals surface area contributed by atoms with Gasteiger partial charge in [-0.15, -0.1) is 0 Å². The lowest BCUT2D eigenvalue weighted by atomic mass is 9.96. The van der Waals surface area contributed by atoms with Crippen molar-refractivity contribution in [2.24, 2.45) is 10.8 Å². The molecule has 3 heterocycles. The molecule has 5 rings (SSSR count). The van der Waals surface area contributed by atoms with Crippen molar-refractivity contribution in [1.29, 1.82) is 10.5 Å². The van der Waals surface area contributed by atoms with Gasteiger partial charge in [-0.2, -0.15) is 30.5 Å². The number of sulfone groups is 1. The summed E-state index contributed by atoms with van der Waals surface area (Å²) in [5, 5.41) is 29.1. The molecule has 0 atom stereocenters. The zero-order valence-electron chi connectivity index (χ0n) is 41.5. The summed E-state index contributed by atoms with van der Waals surface area (Å²) in [7, 11) is 5.26. The summed E-state index contributed by atoms with van der Waals surface area (Å²) in [5.41, 5.74) is 7.81. The molecular weight excluding hydrogens is 871 g/mol. The highest BCUT2D eigenvalue weighted by Crippen LogP contribution is 2.34. The average Bonchev–Trinajstić information content (AvgIpc) is 3.24. The second-order valence-corrected chi connectivity index (χ2v) is 21.1. The molecule has 2 aromatic carbocycles. The number of hydrogen-bond donors (Lipinski definition) is 4. The monoisotopic (exact) mass is 938 g/mol. The van der Waals surface area contributed by atoms with Crippen LogP contribution in [0.25, 0.3) is 5.70 Å². The zero-order valence-corrected chi connectivity index (χ0v) is 42.3. The van der Waals surface area contributed by atoms with Crippen molar-refractivity contribution >= 4 is 56.1 Å². The Bertz CT molecular complexity index is 2620. The molecule has 18 nitrogen and oxygen atoms in total. The normalized spacial score (nSPS) is 13.3. The number of nitriles is 2. The largest absolute Gasteiger partial charge is 0.460 e. The second-order valence-electron chi connectivity index (χ2n) is 19.2. The number of anilines is 6. The molecule has 0 radical (unpaired) electrons. The Kier molecular flexibility index (Phi) is 17.7. The van der Waals surface area contributed by atoms with E-state index in [1.165, 1.54) is 7.11 Å². The molecule has 0 spiro atoms. The third-order valence-corrected chi connectivity index (χ3v) is 11.3. The first-order valence-corrected chi connectivity index (χ1v) is 23.7. The number of carbonyl (C=O) groups excluding carboxylic acids is 1. The van der Waals surface area contributed by atoms with Crippen LogP contribution in [0.4, 0.5) is 34.6 Å². The third-order valence-electron chi connectivity index (χ3n) is 10.5. The van der Waals surface area contributed by atoms with Gasteiger partial charge in [0, 0.05) is 76.2 Å². The van der Waals surface area contributed by atoms with E-state index in [9.17, 15) is 23.7 Å². The van der Waals surface area contributed by atoms with E-state index in [-0.39, 0.29) is 51.2 Å². The number of benzene rings is 2. The number of ether oxygens (including phenoxy) is 1. The van der Waals surface area contributed by atoms with Crippen LogP contribution in [0.2, 0.25) is 0 Å². The third kappa shape index (κ3) is 15.0. The van der Waals surface area contributed by atoms with Crippen molar-refractivity contribution < 1.29 is 22.8 Å². The molecule has 4 N–H and O–H groups in total. The fourth-order valence-electron chi connectivity index (χ4n) is 7.23. The van der Waals surface area contributed by atoms with Crippen molar-refractivity contribution in [2.75, 3.05) is 88.2 Å². The van der Waals surface area contributed by atoms with E-state index in [0.717, 1.165) is 54.6 Å². The molecule has 1 fully saturated rings. The van der Waals surface area contributed by atoms with Crippen LogP contribution in [0.5, 0.6) is 6.01 Å². The maximum Gasteiger partial charge on any atom is 0.320 e. The van der Waals surface area contributed by atoms with Crippen LogP contribution in [-0.2, 0) is 14.7 Å². The van der Waals surface area contributed by atoms with Gasteiger partial charge in [-0.1, -0.05) is 66.3 Å². The molecule has 1 saturated heterocycles. The van der Waals surface area contributed by atoms with E-state index in [0.29, 0.717) is 47.2 Å².